The van der Waals surface area contributed by atoms with Crippen LogP contribution < -0.4 is 5.32 Å². The van der Waals surface area contributed by atoms with Crippen LogP contribution in [0.15, 0.2) is 29.8 Å². The van der Waals surface area contributed by atoms with Crippen molar-refractivity contribution in [3.63, 3.8) is 0 Å². The summed E-state index contributed by atoms with van der Waals surface area (Å²) >= 11 is 7.70. The molecule has 0 bridgehead atoms. The van der Waals surface area contributed by atoms with Crippen molar-refractivity contribution in [2.75, 3.05) is 0 Å². The van der Waals surface area contributed by atoms with Gasteiger partial charge in [-0.1, -0.05) is 17.7 Å². The molecule has 2 nitrogen and oxygen atoms in total. The topological polar surface area (TPSA) is 24.9 Å². The number of benzene rings is 1. The molecule has 1 aliphatic carbocycles. The molecular formula is C13H13ClN2S. The summed E-state index contributed by atoms with van der Waals surface area (Å²) in [5.41, 5.74) is 2.78. The smallest absolute Gasteiger partial charge is 0.106 e. The normalized spacial score (nSPS) is 18.3. The molecule has 0 amide bonds. The third-order valence-corrected chi connectivity index (χ3v) is 4.18. The van der Waals surface area contributed by atoms with Crippen molar-refractivity contribution in [1.29, 1.82) is 0 Å². The second kappa shape index (κ2) is 4.77. The summed E-state index contributed by atoms with van der Waals surface area (Å²) in [6.45, 7) is 0.852. The lowest BCUT2D eigenvalue weighted by atomic mass is 10.1. The lowest BCUT2D eigenvalue weighted by Gasteiger charge is -2.12. The Bertz CT molecular complexity index is 510. The second-order valence-corrected chi connectivity index (χ2v) is 5.66. The summed E-state index contributed by atoms with van der Waals surface area (Å²) in [5.74, 6) is 0. The van der Waals surface area contributed by atoms with Gasteiger partial charge in [-0.05, 0) is 36.1 Å². The number of fused-ring (bicyclic) bond motifs is 1. The molecule has 0 saturated heterocycles. The number of hydrogen-bond donors (Lipinski definition) is 1. The molecule has 0 fully saturated rings. The minimum atomic E-state index is 0.450. The first-order valence-corrected chi connectivity index (χ1v) is 6.99. The Morgan fingerprint density at radius 2 is 2.41 bits per heavy atom. The first-order valence-electron chi connectivity index (χ1n) is 5.73. The molecule has 1 heterocycles. The van der Waals surface area contributed by atoms with E-state index in [1.54, 1.807) is 11.3 Å². The highest BCUT2D eigenvalue weighted by molar-refractivity contribution is 7.09. The number of nitrogens with one attached hydrogen (secondary N) is 1. The minimum Gasteiger partial charge on any atom is -0.304 e. The molecule has 1 aromatic carbocycles. The van der Waals surface area contributed by atoms with Gasteiger partial charge in [0.15, 0.2) is 0 Å². The van der Waals surface area contributed by atoms with E-state index in [9.17, 15) is 0 Å². The zero-order valence-corrected chi connectivity index (χ0v) is 10.9. The Labute approximate surface area is 110 Å². The van der Waals surface area contributed by atoms with E-state index < -0.39 is 0 Å². The molecule has 88 valence electrons. The van der Waals surface area contributed by atoms with Crippen molar-refractivity contribution < 1.29 is 0 Å². The number of halogens is 1. The van der Waals surface area contributed by atoms with E-state index in [2.05, 4.69) is 22.4 Å². The van der Waals surface area contributed by atoms with Crippen LogP contribution in [0.4, 0.5) is 0 Å². The summed E-state index contributed by atoms with van der Waals surface area (Å²) in [7, 11) is 0. The van der Waals surface area contributed by atoms with Gasteiger partial charge in [-0.2, -0.15) is 0 Å². The van der Waals surface area contributed by atoms with Gasteiger partial charge in [-0.3, -0.25) is 0 Å². The summed E-state index contributed by atoms with van der Waals surface area (Å²) in [4.78, 5) is 4.28. The molecule has 0 spiro atoms. The highest BCUT2D eigenvalue weighted by Gasteiger charge is 2.21. The standard InChI is InChI=1S/C13H13ClN2S/c14-10-2-3-11-9(7-10)1-4-12(11)16-8-13-15-5-6-17-13/h2-3,5-7,12,16H,1,4,8H2. The van der Waals surface area contributed by atoms with Crippen molar-refractivity contribution in [2.24, 2.45) is 0 Å². The minimum absolute atomic E-state index is 0.450. The highest BCUT2D eigenvalue weighted by atomic mass is 35.5. The summed E-state index contributed by atoms with van der Waals surface area (Å²) in [5, 5.41) is 7.56. The molecule has 0 aliphatic heterocycles. The molecule has 3 rings (SSSR count). The fourth-order valence-corrected chi connectivity index (χ4v) is 3.11. The highest BCUT2D eigenvalue weighted by Crippen LogP contribution is 2.33. The van der Waals surface area contributed by atoms with E-state index in [0.29, 0.717) is 6.04 Å². The lowest BCUT2D eigenvalue weighted by Crippen LogP contribution is -2.18. The summed E-state index contributed by atoms with van der Waals surface area (Å²) in [6, 6.07) is 6.65. The molecule has 1 aromatic heterocycles. The van der Waals surface area contributed by atoms with E-state index in [4.69, 9.17) is 11.6 Å². The van der Waals surface area contributed by atoms with Crippen LogP contribution in [0.3, 0.4) is 0 Å². The van der Waals surface area contributed by atoms with Gasteiger partial charge in [-0.25, -0.2) is 4.98 Å². The molecule has 1 unspecified atom stereocenters. The maximum absolute atomic E-state index is 6.00. The summed E-state index contributed by atoms with van der Waals surface area (Å²) in [6.07, 6.45) is 4.12. The number of aromatic nitrogens is 1. The molecule has 1 N–H and O–H groups in total. The number of aryl methyl sites for hydroxylation is 1. The van der Waals surface area contributed by atoms with Crippen LogP contribution in [-0.4, -0.2) is 4.98 Å². The number of nitrogens with zero attached hydrogens (tertiary/aromatic N) is 1. The Morgan fingerprint density at radius 3 is 3.24 bits per heavy atom. The monoisotopic (exact) mass is 264 g/mol. The van der Waals surface area contributed by atoms with Crippen LogP contribution in [0.5, 0.6) is 0 Å². The van der Waals surface area contributed by atoms with E-state index in [1.807, 2.05) is 17.6 Å². The second-order valence-electron chi connectivity index (χ2n) is 4.24. The van der Waals surface area contributed by atoms with Crippen LogP contribution >= 0.6 is 22.9 Å². The van der Waals surface area contributed by atoms with E-state index in [1.165, 1.54) is 11.1 Å². The van der Waals surface area contributed by atoms with E-state index in [0.717, 1.165) is 29.4 Å². The summed E-state index contributed by atoms with van der Waals surface area (Å²) < 4.78 is 0. The van der Waals surface area contributed by atoms with Crippen LogP contribution in [0.25, 0.3) is 0 Å². The van der Waals surface area contributed by atoms with Gasteiger partial charge in [0.1, 0.15) is 5.01 Å². The quantitative estimate of drug-likeness (QED) is 0.917. The van der Waals surface area contributed by atoms with Gasteiger partial charge in [-0.15, -0.1) is 11.3 Å². The number of rotatable bonds is 3. The van der Waals surface area contributed by atoms with Crippen LogP contribution in [0, 0.1) is 0 Å². The van der Waals surface area contributed by atoms with Crippen LogP contribution in [-0.2, 0) is 13.0 Å². The Morgan fingerprint density at radius 1 is 1.47 bits per heavy atom. The Hall–Kier alpha value is -0.900. The van der Waals surface area contributed by atoms with Crippen LogP contribution in [0.2, 0.25) is 5.02 Å². The average molecular weight is 265 g/mol. The molecule has 0 saturated carbocycles. The maximum Gasteiger partial charge on any atom is 0.106 e. The largest absolute Gasteiger partial charge is 0.304 e. The van der Waals surface area contributed by atoms with Gasteiger partial charge in [0.25, 0.3) is 0 Å². The molecule has 2 aromatic rings. The first kappa shape index (κ1) is 11.2. The molecule has 0 radical (unpaired) electrons. The first-order chi connectivity index (χ1) is 8.33. The predicted molar refractivity (Wildman–Crippen MR) is 71.5 cm³/mol. The maximum atomic E-state index is 6.00. The fourth-order valence-electron chi connectivity index (χ4n) is 2.35. The Balaban J connectivity index is 1.71. The van der Waals surface area contributed by atoms with Crippen molar-refractivity contribution in [2.45, 2.75) is 25.4 Å². The van der Waals surface area contributed by atoms with Crippen molar-refractivity contribution in [3.8, 4) is 0 Å². The van der Waals surface area contributed by atoms with Crippen molar-refractivity contribution in [3.05, 3.63) is 50.9 Å². The number of thiazole rings is 1. The SMILES string of the molecule is Clc1ccc2c(c1)CCC2NCc1nccs1. The van der Waals surface area contributed by atoms with Gasteiger partial charge in [0.05, 0.1) is 0 Å². The molecule has 4 heteroatoms. The van der Waals surface area contributed by atoms with Crippen molar-refractivity contribution in [1.82, 2.24) is 10.3 Å². The lowest BCUT2D eigenvalue weighted by molar-refractivity contribution is 0.529. The number of hydrogen-bond acceptors (Lipinski definition) is 3. The van der Waals surface area contributed by atoms with Gasteiger partial charge in [0, 0.05) is 29.2 Å². The van der Waals surface area contributed by atoms with E-state index in [-0.39, 0.29) is 0 Å². The van der Waals surface area contributed by atoms with Crippen molar-refractivity contribution >= 4 is 22.9 Å². The van der Waals surface area contributed by atoms with Gasteiger partial charge < -0.3 is 5.32 Å². The zero-order valence-electron chi connectivity index (χ0n) is 9.32. The predicted octanol–water partition coefficient (Wildman–Crippen LogP) is 3.57. The van der Waals surface area contributed by atoms with Crippen LogP contribution in [0.1, 0.15) is 28.6 Å². The molecule has 1 aliphatic rings. The third-order valence-electron chi connectivity index (χ3n) is 3.17. The van der Waals surface area contributed by atoms with Gasteiger partial charge >= 0.3 is 0 Å². The van der Waals surface area contributed by atoms with E-state index >= 15 is 0 Å². The van der Waals surface area contributed by atoms with Gasteiger partial charge in [0.2, 0.25) is 0 Å². The third kappa shape index (κ3) is 2.37. The molecule has 17 heavy (non-hydrogen) atoms. The fraction of sp³-hybridized carbons (Fsp3) is 0.308. The molecular weight excluding hydrogens is 252 g/mol. The zero-order chi connectivity index (χ0) is 11.7. The Kier molecular flexibility index (Phi) is 3.14. The molecule has 1 atom stereocenters. The average Bonchev–Trinajstić information content (AvgIpc) is 2.94.